The van der Waals surface area contributed by atoms with E-state index in [1.807, 2.05) is 42.5 Å². The van der Waals surface area contributed by atoms with Crippen LogP contribution in [0, 0.1) is 0 Å². The molecule has 1 aromatic heterocycles. The Morgan fingerprint density at radius 2 is 1.56 bits per heavy atom. The number of nitrogens with zero attached hydrogens (tertiary/aromatic N) is 1. The second kappa shape index (κ2) is 10.7. The first-order valence-electron chi connectivity index (χ1n) is 10.8. The quantitative estimate of drug-likeness (QED) is 0.297. The second-order valence-corrected chi connectivity index (χ2v) is 8.71. The highest BCUT2D eigenvalue weighted by molar-refractivity contribution is 7.18. The zero-order chi connectivity index (χ0) is 23.9. The molecular formula is C26H23N3O4S. The summed E-state index contributed by atoms with van der Waals surface area (Å²) in [6.45, 7) is 1.58. The number of para-hydroxylation sites is 1. The Morgan fingerprint density at radius 3 is 2.29 bits per heavy atom. The van der Waals surface area contributed by atoms with Crippen LogP contribution in [0.5, 0.6) is 5.75 Å². The number of ketones is 1. The third-order valence-corrected chi connectivity index (χ3v) is 6.16. The van der Waals surface area contributed by atoms with Crippen molar-refractivity contribution in [2.24, 2.45) is 0 Å². The molecule has 8 heteroatoms. The molecule has 0 bridgehead atoms. The molecular weight excluding hydrogens is 450 g/mol. The molecule has 0 saturated carbocycles. The highest BCUT2D eigenvalue weighted by Crippen LogP contribution is 2.22. The Hall–Kier alpha value is -4.04. The van der Waals surface area contributed by atoms with Crippen LogP contribution in [-0.2, 0) is 16.0 Å². The molecule has 34 heavy (non-hydrogen) atoms. The molecule has 0 fully saturated rings. The van der Waals surface area contributed by atoms with E-state index in [1.165, 1.54) is 0 Å². The predicted octanol–water partition coefficient (Wildman–Crippen LogP) is 4.07. The molecule has 0 unspecified atom stereocenters. The minimum absolute atomic E-state index is 0.0912. The Bertz CT molecular complexity index is 1270. The molecule has 0 spiro atoms. The summed E-state index contributed by atoms with van der Waals surface area (Å²) in [4.78, 5) is 41.4. The Kier molecular flexibility index (Phi) is 7.29. The Balaban J connectivity index is 1.22. The number of hydrazine groups is 1. The molecule has 4 aromatic rings. The molecule has 3 aromatic carbocycles. The van der Waals surface area contributed by atoms with Crippen molar-refractivity contribution in [2.45, 2.75) is 25.9 Å². The van der Waals surface area contributed by atoms with Gasteiger partial charge in [-0.15, -0.1) is 11.3 Å². The van der Waals surface area contributed by atoms with Crippen LogP contribution in [0.1, 0.15) is 34.3 Å². The number of hydrogen-bond acceptors (Lipinski definition) is 6. The summed E-state index contributed by atoms with van der Waals surface area (Å²) in [5, 5.41) is 0.869. The number of thiazole rings is 1. The number of hydrogen-bond donors (Lipinski definition) is 2. The van der Waals surface area contributed by atoms with Gasteiger partial charge in [-0.1, -0.05) is 42.5 Å². The van der Waals surface area contributed by atoms with Crippen molar-refractivity contribution < 1.29 is 19.1 Å². The van der Waals surface area contributed by atoms with E-state index in [0.717, 1.165) is 15.2 Å². The van der Waals surface area contributed by atoms with Crippen LogP contribution in [0.4, 0.5) is 0 Å². The van der Waals surface area contributed by atoms with Gasteiger partial charge in [0, 0.05) is 24.0 Å². The highest BCUT2D eigenvalue weighted by atomic mass is 32.1. The highest BCUT2D eigenvalue weighted by Gasteiger charge is 2.16. The van der Waals surface area contributed by atoms with Gasteiger partial charge in [-0.3, -0.25) is 25.2 Å². The van der Waals surface area contributed by atoms with Crippen LogP contribution in [-0.4, -0.2) is 28.7 Å². The van der Waals surface area contributed by atoms with Gasteiger partial charge in [0.2, 0.25) is 5.91 Å². The van der Waals surface area contributed by atoms with Crippen LogP contribution in [0.15, 0.2) is 78.9 Å². The summed E-state index contributed by atoms with van der Waals surface area (Å²) in [6.07, 6.45) is -0.159. The number of benzene rings is 3. The molecule has 2 amide bonds. The number of amides is 2. The van der Waals surface area contributed by atoms with Gasteiger partial charge >= 0.3 is 0 Å². The van der Waals surface area contributed by atoms with Gasteiger partial charge in [0.1, 0.15) is 5.75 Å². The largest absolute Gasteiger partial charge is 0.481 e. The lowest BCUT2D eigenvalue weighted by Gasteiger charge is -2.15. The second-order valence-electron chi connectivity index (χ2n) is 7.59. The fourth-order valence-electron chi connectivity index (χ4n) is 3.24. The molecule has 0 aliphatic rings. The summed E-state index contributed by atoms with van der Waals surface area (Å²) < 4.78 is 6.71. The van der Waals surface area contributed by atoms with Crippen LogP contribution in [0.25, 0.3) is 10.2 Å². The molecule has 1 heterocycles. The summed E-state index contributed by atoms with van der Waals surface area (Å²) >= 11 is 1.55. The first kappa shape index (κ1) is 23.1. The van der Waals surface area contributed by atoms with Gasteiger partial charge in [0.25, 0.3) is 5.91 Å². The van der Waals surface area contributed by atoms with Crippen LogP contribution >= 0.6 is 11.3 Å². The normalized spacial score (nSPS) is 11.6. The number of aromatic nitrogens is 1. The van der Waals surface area contributed by atoms with Gasteiger partial charge in [0.15, 0.2) is 11.9 Å². The van der Waals surface area contributed by atoms with Crippen molar-refractivity contribution in [1.82, 2.24) is 15.8 Å². The number of ether oxygens (including phenoxy) is 1. The van der Waals surface area contributed by atoms with E-state index in [0.29, 0.717) is 23.3 Å². The molecule has 1 atom stereocenters. The van der Waals surface area contributed by atoms with Gasteiger partial charge in [-0.05, 0) is 43.3 Å². The minimum atomic E-state index is -0.847. The summed E-state index contributed by atoms with van der Waals surface area (Å²) in [6, 6.07) is 23.4. The number of carbonyl (C=O) groups is 3. The van der Waals surface area contributed by atoms with Crippen LogP contribution in [0.3, 0.4) is 0 Å². The number of rotatable bonds is 8. The molecule has 0 radical (unpaired) electrons. The van der Waals surface area contributed by atoms with E-state index in [4.69, 9.17) is 4.74 Å². The third kappa shape index (κ3) is 5.85. The van der Waals surface area contributed by atoms with Crippen molar-refractivity contribution in [2.75, 3.05) is 0 Å². The number of carbonyl (C=O) groups excluding carboxylic acids is 3. The summed E-state index contributed by atoms with van der Waals surface area (Å²) in [7, 11) is 0. The van der Waals surface area contributed by atoms with E-state index in [-0.39, 0.29) is 18.1 Å². The molecule has 0 aliphatic carbocycles. The number of nitrogens with one attached hydrogen (secondary N) is 2. The first-order chi connectivity index (χ1) is 16.5. The zero-order valence-corrected chi connectivity index (χ0v) is 19.3. The molecule has 2 N–H and O–H groups in total. The monoisotopic (exact) mass is 473 g/mol. The molecule has 172 valence electrons. The predicted molar refractivity (Wildman–Crippen MR) is 131 cm³/mol. The SMILES string of the molecule is C[C@H](Oc1ccc(C(=O)c2ccccc2)cc1)C(=O)NNC(=O)CCc1nc2ccccc2s1. The maximum Gasteiger partial charge on any atom is 0.279 e. The third-order valence-electron chi connectivity index (χ3n) is 5.06. The fourth-order valence-corrected chi connectivity index (χ4v) is 4.21. The number of aryl methyl sites for hydroxylation is 1. The average molecular weight is 474 g/mol. The molecule has 7 nitrogen and oxygen atoms in total. The topological polar surface area (TPSA) is 97.4 Å². The zero-order valence-electron chi connectivity index (χ0n) is 18.5. The molecule has 0 aliphatic heterocycles. The van der Waals surface area contributed by atoms with E-state index >= 15 is 0 Å². The van der Waals surface area contributed by atoms with E-state index < -0.39 is 12.0 Å². The minimum Gasteiger partial charge on any atom is -0.481 e. The van der Waals surface area contributed by atoms with Crippen LogP contribution < -0.4 is 15.6 Å². The van der Waals surface area contributed by atoms with Crippen molar-refractivity contribution in [1.29, 1.82) is 0 Å². The maximum atomic E-state index is 12.5. The molecule has 4 rings (SSSR count). The summed E-state index contributed by atoms with van der Waals surface area (Å²) in [5.41, 5.74) is 6.83. The van der Waals surface area contributed by atoms with Gasteiger partial charge in [-0.25, -0.2) is 4.98 Å². The number of fused-ring (bicyclic) bond motifs is 1. The first-order valence-corrected chi connectivity index (χ1v) is 11.6. The van der Waals surface area contributed by atoms with E-state index in [9.17, 15) is 14.4 Å². The lowest BCUT2D eigenvalue weighted by atomic mass is 10.0. The lowest BCUT2D eigenvalue weighted by Crippen LogP contribution is -2.47. The lowest BCUT2D eigenvalue weighted by molar-refractivity contribution is -0.132. The van der Waals surface area contributed by atoms with Gasteiger partial charge in [-0.2, -0.15) is 0 Å². The van der Waals surface area contributed by atoms with E-state index in [2.05, 4.69) is 15.8 Å². The van der Waals surface area contributed by atoms with Crippen molar-refractivity contribution >= 4 is 39.2 Å². The average Bonchev–Trinajstić information content (AvgIpc) is 3.29. The smallest absolute Gasteiger partial charge is 0.279 e. The van der Waals surface area contributed by atoms with Gasteiger partial charge < -0.3 is 4.74 Å². The Labute approximate surface area is 200 Å². The van der Waals surface area contributed by atoms with Crippen molar-refractivity contribution in [3.05, 3.63) is 95.0 Å². The van der Waals surface area contributed by atoms with Crippen LogP contribution in [0.2, 0.25) is 0 Å². The van der Waals surface area contributed by atoms with Crippen molar-refractivity contribution in [3.8, 4) is 5.75 Å². The fraction of sp³-hybridized carbons (Fsp3) is 0.154. The van der Waals surface area contributed by atoms with Crippen molar-refractivity contribution in [3.63, 3.8) is 0 Å². The summed E-state index contributed by atoms with van der Waals surface area (Å²) in [5.74, 6) is -0.456. The molecule has 0 saturated heterocycles. The standard InChI is InChI=1S/C26H23N3O4S/c1-17(33-20-13-11-19(12-14-20)25(31)18-7-3-2-4-8-18)26(32)29-28-23(30)15-16-24-27-21-9-5-6-10-22(21)34-24/h2-14,17H,15-16H2,1H3,(H,28,30)(H,29,32)/t17-/m0/s1. The van der Waals surface area contributed by atoms with Gasteiger partial charge in [0.05, 0.1) is 15.2 Å². The maximum absolute atomic E-state index is 12.5. The van der Waals surface area contributed by atoms with E-state index in [1.54, 1.807) is 54.7 Å². The Morgan fingerprint density at radius 1 is 0.882 bits per heavy atom.